The summed E-state index contributed by atoms with van der Waals surface area (Å²) < 4.78 is 0. The van der Waals surface area contributed by atoms with Crippen molar-refractivity contribution >= 4 is 0 Å². The number of allylic oxidation sites excluding steroid dienone is 1. The molecule has 0 rings (SSSR count). The summed E-state index contributed by atoms with van der Waals surface area (Å²) in [5, 5.41) is 0. The van der Waals surface area contributed by atoms with Crippen molar-refractivity contribution in [3.8, 4) is 0 Å². The van der Waals surface area contributed by atoms with Crippen LogP contribution >= 0.6 is 0 Å². The van der Waals surface area contributed by atoms with Crippen molar-refractivity contribution in [1.82, 2.24) is 0 Å². The number of hydrogen-bond donors (Lipinski definition) is 2. The van der Waals surface area contributed by atoms with Crippen LogP contribution in [0.2, 0.25) is 0 Å². The molecule has 0 radical (unpaired) electrons. The van der Waals surface area contributed by atoms with Gasteiger partial charge in [0.2, 0.25) is 0 Å². The lowest BCUT2D eigenvalue weighted by molar-refractivity contribution is 0.661. The molecule has 0 aliphatic carbocycles. The molecule has 4 N–H and O–H groups in total. The van der Waals surface area contributed by atoms with Crippen LogP contribution in [-0.2, 0) is 0 Å². The molecule has 0 aromatic rings. The van der Waals surface area contributed by atoms with E-state index in [0.717, 1.165) is 12.1 Å². The van der Waals surface area contributed by atoms with Gasteiger partial charge in [0.05, 0.1) is 0 Å². The summed E-state index contributed by atoms with van der Waals surface area (Å²) in [4.78, 5) is 0. The van der Waals surface area contributed by atoms with Gasteiger partial charge in [0.15, 0.2) is 0 Å². The lowest BCUT2D eigenvalue weighted by Gasteiger charge is -1.98. The lowest BCUT2D eigenvalue weighted by atomic mass is 10.1. The van der Waals surface area contributed by atoms with Crippen LogP contribution in [0.5, 0.6) is 0 Å². The van der Waals surface area contributed by atoms with Crippen molar-refractivity contribution in [2.75, 3.05) is 0 Å². The third-order valence-corrected chi connectivity index (χ3v) is 1.53. The Bertz CT molecular complexity index is 97.4. The van der Waals surface area contributed by atoms with Gasteiger partial charge in [0.25, 0.3) is 0 Å². The molecule has 0 amide bonds. The molecule has 0 aromatic carbocycles. The molecule has 0 aliphatic rings. The van der Waals surface area contributed by atoms with Gasteiger partial charge in [-0.15, -0.1) is 0 Å². The van der Waals surface area contributed by atoms with E-state index in [0.29, 0.717) is 0 Å². The zero-order valence-corrected chi connectivity index (χ0v) is 6.77. The second-order valence-electron chi connectivity index (χ2n) is 2.55. The minimum absolute atomic E-state index is 0.816. The summed E-state index contributed by atoms with van der Waals surface area (Å²) in [6, 6.07) is 0. The fourth-order valence-electron chi connectivity index (χ4n) is 0.839. The summed E-state index contributed by atoms with van der Waals surface area (Å²) in [5.74, 6) is 0. The van der Waals surface area contributed by atoms with Gasteiger partial charge < -0.3 is 11.5 Å². The Balaban J connectivity index is 3.04. The second-order valence-corrected chi connectivity index (χ2v) is 2.55. The quantitative estimate of drug-likeness (QED) is 0.574. The molecule has 0 saturated heterocycles. The number of rotatable bonds is 5. The molecule has 0 fully saturated rings. The first-order chi connectivity index (χ1) is 4.81. The Hall–Kier alpha value is -0.660. The molecule has 60 valence electrons. The van der Waals surface area contributed by atoms with Crippen LogP contribution in [0, 0.1) is 0 Å². The highest BCUT2D eigenvalue weighted by atomic mass is 14.6. The topological polar surface area (TPSA) is 52.0 Å². The summed E-state index contributed by atoms with van der Waals surface area (Å²) in [7, 11) is 0. The van der Waals surface area contributed by atoms with Crippen molar-refractivity contribution in [3.63, 3.8) is 0 Å². The SMILES string of the molecule is CCCCCC/C(N)=C\N. The predicted octanol–water partition coefficient (Wildman–Crippen LogP) is 1.72. The van der Waals surface area contributed by atoms with Gasteiger partial charge in [-0.05, 0) is 12.8 Å². The third-order valence-electron chi connectivity index (χ3n) is 1.53. The summed E-state index contributed by atoms with van der Waals surface area (Å²) in [5.41, 5.74) is 11.5. The first-order valence-corrected chi connectivity index (χ1v) is 3.97. The van der Waals surface area contributed by atoms with E-state index in [4.69, 9.17) is 11.5 Å². The molecule has 2 heteroatoms. The Morgan fingerprint density at radius 2 is 2.00 bits per heavy atom. The summed E-state index contributed by atoms with van der Waals surface area (Å²) >= 11 is 0. The van der Waals surface area contributed by atoms with E-state index in [1.54, 1.807) is 0 Å². The van der Waals surface area contributed by atoms with Crippen molar-refractivity contribution < 1.29 is 0 Å². The molecule has 0 atom stereocenters. The average Bonchev–Trinajstić information content (AvgIpc) is 1.98. The smallest absolute Gasteiger partial charge is 0.0238 e. The van der Waals surface area contributed by atoms with Gasteiger partial charge in [-0.25, -0.2) is 0 Å². The molecule has 0 bridgehead atoms. The highest BCUT2D eigenvalue weighted by molar-refractivity contribution is 4.92. The van der Waals surface area contributed by atoms with Crippen LogP contribution in [0.3, 0.4) is 0 Å². The number of hydrogen-bond acceptors (Lipinski definition) is 2. The average molecular weight is 142 g/mol. The molecular weight excluding hydrogens is 124 g/mol. The van der Waals surface area contributed by atoms with E-state index < -0.39 is 0 Å². The van der Waals surface area contributed by atoms with Crippen LogP contribution in [-0.4, -0.2) is 0 Å². The summed E-state index contributed by atoms with van der Waals surface area (Å²) in [6.07, 6.45) is 7.46. The highest BCUT2D eigenvalue weighted by Gasteiger charge is 1.89. The molecule has 0 unspecified atom stereocenters. The monoisotopic (exact) mass is 142 g/mol. The third kappa shape index (κ3) is 5.48. The normalized spacial score (nSPS) is 11.9. The maximum atomic E-state index is 5.49. The van der Waals surface area contributed by atoms with E-state index >= 15 is 0 Å². The molecule has 10 heavy (non-hydrogen) atoms. The molecule has 0 aliphatic heterocycles. The zero-order chi connectivity index (χ0) is 7.82. The van der Waals surface area contributed by atoms with Gasteiger partial charge in [-0.2, -0.15) is 0 Å². The van der Waals surface area contributed by atoms with Gasteiger partial charge in [0, 0.05) is 11.9 Å². The summed E-state index contributed by atoms with van der Waals surface area (Å²) in [6.45, 7) is 2.20. The van der Waals surface area contributed by atoms with Gasteiger partial charge >= 0.3 is 0 Å². The van der Waals surface area contributed by atoms with Crippen LogP contribution in [0.1, 0.15) is 39.0 Å². The lowest BCUT2D eigenvalue weighted by Crippen LogP contribution is -2.00. The number of unbranched alkanes of at least 4 members (excludes halogenated alkanes) is 3. The molecule has 0 aromatic heterocycles. The standard InChI is InChI=1S/C8H18N2/c1-2-3-4-5-6-8(10)7-9/h7H,2-6,9-10H2,1H3/b8-7+. The van der Waals surface area contributed by atoms with E-state index in [-0.39, 0.29) is 0 Å². The Kier molecular flexibility index (Phi) is 6.03. The highest BCUT2D eigenvalue weighted by Crippen LogP contribution is 2.04. The van der Waals surface area contributed by atoms with Crippen LogP contribution in [0.25, 0.3) is 0 Å². The van der Waals surface area contributed by atoms with Gasteiger partial charge in [-0.3, -0.25) is 0 Å². The zero-order valence-electron chi connectivity index (χ0n) is 6.77. The minimum Gasteiger partial charge on any atom is -0.403 e. The first-order valence-electron chi connectivity index (χ1n) is 3.97. The van der Waals surface area contributed by atoms with E-state index in [9.17, 15) is 0 Å². The Morgan fingerprint density at radius 1 is 1.30 bits per heavy atom. The maximum absolute atomic E-state index is 5.49. The molecule has 0 heterocycles. The second kappa shape index (κ2) is 6.46. The van der Waals surface area contributed by atoms with Crippen molar-refractivity contribution in [2.45, 2.75) is 39.0 Å². The Morgan fingerprint density at radius 3 is 2.50 bits per heavy atom. The van der Waals surface area contributed by atoms with Crippen molar-refractivity contribution in [2.24, 2.45) is 11.5 Å². The fourth-order valence-corrected chi connectivity index (χ4v) is 0.839. The van der Waals surface area contributed by atoms with E-state index in [1.807, 2.05) is 0 Å². The largest absolute Gasteiger partial charge is 0.403 e. The van der Waals surface area contributed by atoms with Gasteiger partial charge in [0.1, 0.15) is 0 Å². The van der Waals surface area contributed by atoms with Crippen LogP contribution < -0.4 is 11.5 Å². The van der Waals surface area contributed by atoms with Crippen LogP contribution in [0.15, 0.2) is 11.9 Å². The maximum Gasteiger partial charge on any atom is 0.0238 e. The van der Waals surface area contributed by atoms with Gasteiger partial charge in [-0.1, -0.05) is 26.2 Å². The number of nitrogens with two attached hydrogens (primary N) is 2. The molecule has 0 spiro atoms. The van der Waals surface area contributed by atoms with E-state index in [1.165, 1.54) is 31.9 Å². The molecule has 2 nitrogen and oxygen atoms in total. The minimum atomic E-state index is 0.816. The van der Waals surface area contributed by atoms with Crippen molar-refractivity contribution in [1.29, 1.82) is 0 Å². The van der Waals surface area contributed by atoms with Crippen molar-refractivity contribution in [3.05, 3.63) is 11.9 Å². The van der Waals surface area contributed by atoms with E-state index in [2.05, 4.69) is 6.92 Å². The van der Waals surface area contributed by atoms with Crippen LogP contribution in [0.4, 0.5) is 0 Å². The predicted molar refractivity (Wildman–Crippen MR) is 45.2 cm³/mol. The molecule has 0 saturated carbocycles. The first kappa shape index (κ1) is 9.34. The Labute approximate surface area is 63.3 Å². The fraction of sp³-hybridized carbons (Fsp3) is 0.750. The molecular formula is C8H18N2.